The van der Waals surface area contributed by atoms with E-state index in [1.54, 1.807) is 24.1 Å². The molecule has 0 heterocycles. The number of benzene rings is 2. The van der Waals surface area contributed by atoms with E-state index >= 15 is 0 Å². The second-order valence-corrected chi connectivity index (χ2v) is 6.85. The number of nitrogens with one attached hydrogen (secondary N) is 1. The summed E-state index contributed by atoms with van der Waals surface area (Å²) in [6.07, 6.45) is 0.850. The first-order valence-corrected chi connectivity index (χ1v) is 8.69. The monoisotopic (exact) mass is 356 g/mol. The number of amides is 2. The van der Waals surface area contributed by atoms with Gasteiger partial charge in [0, 0.05) is 37.1 Å². The minimum atomic E-state index is -0.114. The first-order valence-electron chi connectivity index (χ1n) is 8.31. The summed E-state index contributed by atoms with van der Waals surface area (Å²) in [6, 6.07) is 15.0. The predicted molar refractivity (Wildman–Crippen MR) is 98.6 cm³/mol. The molecule has 0 aliphatic heterocycles. The van der Waals surface area contributed by atoms with Gasteiger partial charge >= 0.3 is 0 Å². The molecule has 4 nitrogen and oxygen atoms in total. The maximum absolute atomic E-state index is 12.6. The van der Waals surface area contributed by atoms with Gasteiger partial charge in [-0.3, -0.25) is 9.59 Å². The lowest BCUT2D eigenvalue weighted by atomic mass is 10.1. The summed E-state index contributed by atoms with van der Waals surface area (Å²) in [6.45, 7) is 0.526. The zero-order valence-corrected chi connectivity index (χ0v) is 15.1. The second kappa shape index (κ2) is 7.28. The summed E-state index contributed by atoms with van der Waals surface area (Å²) in [5.74, 6) is 0.256. The van der Waals surface area contributed by atoms with Crippen molar-refractivity contribution in [1.82, 2.24) is 10.2 Å². The summed E-state index contributed by atoms with van der Waals surface area (Å²) >= 11 is 6.23. The van der Waals surface area contributed by atoms with Crippen LogP contribution in [-0.2, 0) is 11.3 Å². The number of hydrogen-bond donors (Lipinski definition) is 1. The van der Waals surface area contributed by atoms with Gasteiger partial charge < -0.3 is 10.2 Å². The fourth-order valence-corrected chi connectivity index (χ4v) is 3.40. The Kier molecular flexibility index (Phi) is 5.09. The summed E-state index contributed by atoms with van der Waals surface area (Å²) in [7, 11) is 3.42. The number of hydrogen-bond acceptors (Lipinski definition) is 2. The number of carbonyl (C=O) groups excluding carboxylic acids is 2. The molecule has 1 N–H and O–H groups in total. The summed E-state index contributed by atoms with van der Waals surface area (Å²) in [5.41, 5.74) is 2.67. The highest BCUT2D eigenvalue weighted by molar-refractivity contribution is 6.31. The molecular formula is C20H21ClN2O2. The highest BCUT2D eigenvalue weighted by Gasteiger charge is 2.45. The lowest BCUT2D eigenvalue weighted by molar-refractivity contribution is -0.131. The first-order chi connectivity index (χ1) is 12.0. The Hall–Kier alpha value is -2.33. The average molecular weight is 357 g/mol. The van der Waals surface area contributed by atoms with Gasteiger partial charge in [-0.1, -0.05) is 41.9 Å². The smallest absolute Gasteiger partial charge is 0.251 e. The lowest BCUT2D eigenvalue weighted by Gasteiger charge is -2.18. The van der Waals surface area contributed by atoms with Crippen LogP contribution in [0.4, 0.5) is 0 Å². The third-order valence-corrected chi connectivity index (χ3v) is 5.00. The van der Waals surface area contributed by atoms with Gasteiger partial charge in [0.25, 0.3) is 5.91 Å². The maximum atomic E-state index is 12.6. The van der Waals surface area contributed by atoms with E-state index in [-0.39, 0.29) is 23.7 Å². The third-order valence-electron chi connectivity index (χ3n) is 4.65. The van der Waals surface area contributed by atoms with Crippen LogP contribution in [0.15, 0.2) is 48.5 Å². The van der Waals surface area contributed by atoms with Gasteiger partial charge in [-0.05, 0) is 41.7 Å². The Morgan fingerprint density at radius 1 is 1.16 bits per heavy atom. The molecule has 2 aromatic rings. The standard InChI is InChI=1S/C20H21ClN2O2/c1-22-19(24)14-9-7-13(8-10-14)12-23(2)20(25)17-11-16(17)15-5-3-4-6-18(15)21/h3-10,16-17H,11-12H2,1-2H3,(H,22,24). The molecule has 0 spiro atoms. The van der Waals surface area contributed by atoms with Crippen molar-refractivity contribution in [2.24, 2.45) is 5.92 Å². The fraction of sp³-hybridized carbons (Fsp3) is 0.300. The Bertz CT molecular complexity index is 789. The molecule has 2 unspecified atom stereocenters. The van der Waals surface area contributed by atoms with E-state index < -0.39 is 0 Å². The SMILES string of the molecule is CNC(=O)c1ccc(CN(C)C(=O)C2CC2c2ccccc2Cl)cc1. The first kappa shape index (κ1) is 17.5. The lowest BCUT2D eigenvalue weighted by Crippen LogP contribution is -2.28. The van der Waals surface area contributed by atoms with Crippen molar-refractivity contribution < 1.29 is 9.59 Å². The van der Waals surface area contributed by atoms with Crippen LogP contribution in [0, 0.1) is 5.92 Å². The van der Waals surface area contributed by atoms with E-state index in [2.05, 4.69) is 5.32 Å². The topological polar surface area (TPSA) is 49.4 Å². The van der Waals surface area contributed by atoms with Crippen molar-refractivity contribution in [3.8, 4) is 0 Å². The van der Waals surface area contributed by atoms with E-state index in [0.717, 1.165) is 22.6 Å². The van der Waals surface area contributed by atoms with Crippen molar-refractivity contribution in [3.05, 3.63) is 70.2 Å². The number of nitrogens with zero attached hydrogens (tertiary/aromatic N) is 1. The van der Waals surface area contributed by atoms with Crippen LogP contribution >= 0.6 is 11.6 Å². The van der Waals surface area contributed by atoms with Gasteiger partial charge in [0.2, 0.25) is 5.91 Å². The Morgan fingerprint density at radius 2 is 1.84 bits per heavy atom. The van der Waals surface area contributed by atoms with E-state index in [1.165, 1.54) is 0 Å². The van der Waals surface area contributed by atoms with Crippen LogP contribution in [0.3, 0.4) is 0 Å². The Morgan fingerprint density at radius 3 is 2.48 bits per heavy atom. The van der Waals surface area contributed by atoms with E-state index in [9.17, 15) is 9.59 Å². The van der Waals surface area contributed by atoms with Crippen molar-refractivity contribution in [2.75, 3.05) is 14.1 Å². The van der Waals surface area contributed by atoms with Crippen LogP contribution in [0.25, 0.3) is 0 Å². The zero-order chi connectivity index (χ0) is 18.0. The Labute approximate surface area is 152 Å². The molecule has 0 saturated heterocycles. The maximum Gasteiger partial charge on any atom is 0.251 e. The van der Waals surface area contributed by atoms with Crippen molar-refractivity contribution >= 4 is 23.4 Å². The van der Waals surface area contributed by atoms with Crippen LogP contribution in [0.2, 0.25) is 5.02 Å². The van der Waals surface area contributed by atoms with Gasteiger partial charge in [0.1, 0.15) is 0 Å². The minimum absolute atomic E-state index is 0.00930. The predicted octanol–water partition coefficient (Wildman–Crippen LogP) is 3.46. The van der Waals surface area contributed by atoms with Crippen LogP contribution < -0.4 is 5.32 Å². The van der Waals surface area contributed by atoms with Gasteiger partial charge in [0.05, 0.1) is 0 Å². The van der Waals surface area contributed by atoms with Crippen molar-refractivity contribution in [3.63, 3.8) is 0 Å². The molecule has 0 aromatic heterocycles. The molecule has 25 heavy (non-hydrogen) atoms. The van der Waals surface area contributed by atoms with Crippen molar-refractivity contribution in [1.29, 1.82) is 0 Å². The Balaban J connectivity index is 1.60. The molecule has 5 heteroatoms. The number of halogens is 1. The average Bonchev–Trinajstić information content (AvgIpc) is 3.42. The zero-order valence-electron chi connectivity index (χ0n) is 14.3. The molecule has 0 radical (unpaired) electrons. The molecular weight excluding hydrogens is 336 g/mol. The third kappa shape index (κ3) is 3.85. The van der Waals surface area contributed by atoms with Gasteiger partial charge in [-0.2, -0.15) is 0 Å². The largest absolute Gasteiger partial charge is 0.355 e. The number of carbonyl (C=O) groups is 2. The molecule has 1 saturated carbocycles. The quantitative estimate of drug-likeness (QED) is 0.891. The summed E-state index contributed by atoms with van der Waals surface area (Å²) in [4.78, 5) is 26.0. The molecule has 3 rings (SSSR count). The second-order valence-electron chi connectivity index (χ2n) is 6.44. The van der Waals surface area contributed by atoms with Crippen molar-refractivity contribution in [2.45, 2.75) is 18.9 Å². The summed E-state index contributed by atoms with van der Waals surface area (Å²) in [5, 5.41) is 3.33. The molecule has 1 fully saturated rings. The van der Waals surface area contributed by atoms with Gasteiger partial charge in [-0.15, -0.1) is 0 Å². The molecule has 0 bridgehead atoms. The van der Waals surface area contributed by atoms with Gasteiger partial charge in [-0.25, -0.2) is 0 Å². The highest BCUT2D eigenvalue weighted by atomic mass is 35.5. The minimum Gasteiger partial charge on any atom is -0.355 e. The highest BCUT2D eigenvalue weighted by Crippen LogP contribution is 2.50. The van der Waals surface area contributed by atoms with Crippen LogP contribution in [0.1, 0.15) is 33.8 Å². The molecule has 1 aliphatic carbocycles. The van der Waals surface area contributed by atoms with Gasteiger partial charge in [0.15, 0.2) is 0 Å². The van der Waals surface area contributed by atoms with E-state index in [1.807, 2.05) is 43.4 Å². The molecule has 1 aliphatic rings. The van der Waals surface area contributed by atoms with Crippen LogP contribution in [0.5, 0.6) is 0 Å². The van der Waals surface area contributed by atoms with E-state index in [4.69, 9.17) is 11.6 Å². The molecule has 2 atom stereocenters. The number of rotatable bonds is 5. The molecule has 2 amide bonds. The molecule has 2 aromatic carbocycles. The normalized spacial score (nSPS) is 18.5. The fourth-order valence-electron chi connectivity index (χ4n) is 3.13. The van der Waals surface area contributed by atoms with E-state index in [0.29, 0.717) is 12.1 Å². The van der Waals surface area contributed by atoms with Crippen LogP contribution in [-0.4, -0.2) is 30.8 Å². The molecule has 130 valence electrons. The summed E-state index contributed by atoms with van der Waals surface area (Å²) < 4.78 is 0.